The first-order chi connectivity index (χ1) is 9.68. The molecule has 0 saturated heterocycles. The molecule has 122 valence electrons. The van der Waals surface area contributed by atoms with E-state index in [0.717, 1.165) is 0 Å². The van der Waals surface area contributed by atoms with Crippen LogP contribution in [0.15, 0.2) is 24.3 Å². The van der Waals surface area contributed by atoms with Gasteiger partial charge in [-0.1, -0.05) is 77.1 Å². The number of rotatable bonds is 10. The molecule has 0 N–H and O–H groups in total. The molecule has 1 atom stereocenters. The average molecular weight is 420 g/mol. The van der Waals surface area contributed by atoms with E-state index >= 15 is 0 Å². The third kappa shape index (κ3) is 6.99. The standard InChI is InChI=1S/C19H33P.HI/c1-4-7-12-17-13-10-11-14-18(17)19(20,15-8-5-2)16-9-6-3;/h10-11,13-14H,4-9,12,15-16,20H2,1-3H3;1H. The fraction of sp³-hybridized carbons (Fsp3) is 0.684. The zero-order chi connectivity index (χ0) is 14.8. The van der Waals surface area contributed by atoms with E-state index in [1.807, 2.05) is 0 Å². The topological polar surface area (TPSA) is 0 Å². The van der Waals surface area contributed by atoms with Crippen molar-refractivity contribution < 1.29 is 0 Å². The van der Waals surface area contributed by atoms with Gasteiger partial charge in [0.1, 0.15) is 0 Å². The number of halogens is 1. The predicted octanol–water partition coefficient (Wildman–Crippen LogP) is 7.10. The van der Waals surface area contributed by atoms with Crippen LogP contribution in [-0.4, -0.2) is 0 Å². The molecule has 0 bridgehead atoms. The Labute approximate surface area is 152 Å². The van der Waals surface area contributed by atoms with Gasteiger partial charge in [0.25, 0.3) is 0 Å². The lowest BCUT2D eigenvalue weighted by atomic mass is 9.84. The van der Waals surface area contributed by atoms with Crippen LogP contribution in [0.4, 0.5) is 0 Å². The highest BCUT2D eigenvalue weighted by atomic mass is 127. The van der Waals surface area contributed by atoms with E-state index < -0.39 is 0 Å². The Morgan fingerprint density at radius 2 is 1.38 bits per heavy atom. The smallest absolute Gasteiger partial charge is 0.0100 e. The lowest BCUT2D eigenvalue weighted by Crippen LogP contribution is -2.20. The van der Waals surface area contributed by atoms with E-state index in [9.17, 15) is 0 Å². The van der Waals surface area contributed by atoms with Gasteiger partial charge in [-0.3, -0.25) is 0 Å². The van der Waals surface area contributed by atoms with Crippen molar-refractivity contribution in [3.05, 3.63) is 35.4 Å². The van der Waals surface area contributed by atoms with Crippen molar-refractivity contribution in [2.75, 3.05) is 0 Å². The van der Waals surface area contributed by atoms with Crippen LogP contribution in [0.3, 0.4) is 0 Å². The summed E-state index contributed by atoms with van der Waals surface area (Å²) in [5.74, 6) is 0. The molecule has 0 spiro atoms. The summed E-state index contributed by atoms with van der Waals surface area (Å²) in [5.41, 5.74) is 3.18. The van der Waals surface area contributed by atoms with Gasteiger partial charge in [0.2, 0.25) is 0 Å². The highest BCUT2D eigenvalue weighted by Gasteiger charge is 2.27. The quantitative estimate of drug-likeness (QED) is 0.280. The second kappa shape index (κ2) is 11.9. The van der Waals surface area contributed by atoms with E-state index in [1.54, 1.807) is 11.1 Å². The summed E-state index contributed by atoms with van der Waals surface area (Å²) >= 11 is 0. The second-order valence-electron chi connectivity index (χ2n) is 6.12. The van der Waals surface area contributed by atoms with Gasteiger partial charge in [0.05, 0.1) is 0 Å². The Kier molecular flexibility index (Phi) is 12.1. The van der Waals surface area contributed by atoms with Crippen LogP contribution in [0, 0.1) is 0 Å². The first-order valence-electron chi connectivity index (χ1n) is 8.55. The minimum atomic E-state index is 0. The fourth-order valence-corrected chi connectivity index (χ4v) is 3.66. The number of hydrogen-bond donors (Lipinski definition) is 0. The predicted molar refractivity (Wildman–Crippen MR) is 111 cm³/mol. The molecule has 1 aromatic carbocycles. The SMILES string of the molecule is CCCCc1ccccc1C(P)(CCCC)CCCC.I. The first kappa shape index (κ1) is 21.4. The summed E-state index contributed by atoms with van der Waals surface area (Å²) in [6.45, 7) is 6.88. The van der Waals surface area contributed by atoms with Gasteiger partial charge < -0.3 is 0 Å². The van der Waals surface area contributed by atoms with Gasteiger partial charge in [-0.25, -0.2) is 0 Å². The van der Waals surface area contributed by atoms with E-state index in [-0.39, 0.29) is 24.0 Å². The van der Waals surface area contributed by atoms with Crippen molar-refractivity contribution in [3.63, 3.8) is 0 Å². The third-order valence-electron chi connectivity index (χ3n) is 4.31. The van der Waals surface area contributed by atoms with E-state index in [0.29, 0.717) is 5.16 Å². The van der Waals surface area contributed by atoms with Gasteiger partial charge in [-0.05, 0) is 36.8 Å². The van der Waals surface area contributed by atoms with Gasteiger partial charge in [0, 0.05) is 5.16 Å². The first-order valence-corrected chi connectivity index (χ1v) is 9.13. The van der Waals surface area contributed by atoms with Gasteiger partial charge in [-0.15, -0.1) is 33.2 Å². The third-order valence-corrected chi connectivity index (χ3v) is 5.19. The molecule has 21 heavy (non-hydrogen) atoms. The summed E-state index contributed by atoms with van der Waals surface area (Å²) in [4.78, 5) is 0. The fourth-order valence-electron chi connectivity index (χ4n) is 2.97. The summed E-state index contributed by atoms with van der Waals surface area (Å²) < 4.78 is 0. The summed E-state index contributed by atoms with van der Waals surface area (Å²) in [6.07, 6.45) is 11.7. The van der Waals surface area contributed by atoms with Gasteiger partial charge >= 0.3 is 0 Å². The Bertz CT molecular complexity index is 368. The molecule has 0 aliphatic heterocycles. The van der Waals surface area contributed by atoms with Gasteiger partial charge in [0.15, 0.2) is 0 Å². The second-order valence-corrected chi connectivity index (χ2v) is 7.23. The molecule has 0 radical (unpaired) electrons. The highest BCUT2D eigenvalue weighted by Crippen LogP contribution is 2.43. The number of aryl methyl sites for hydroxylation is 1. The van der Waals surface area contributed by atoms with Gasteiger partial charge in [-0.2, -0.15) is 0 Å². The lowest BCUT2D eigenvalue weighted by molar-refractivity contribution is 0.476. The molecular weight excluding hydrogens is 386 g/mol. The zero-order valence-electron chi connectivity index (χ0n) is 14.2. The van der Waals surface area contributed by atoms with Crippen LogP contribution >= 0.6 is 33.2 Å². The van der Waals surface area contributed by atoms with Crippen LogP contribution in [0.2, 0.25) is 0 Å². The molecule has 2 heteroatoms. The molecule has 0 nitrogen and oxygen atoms in total. The van der Waals surface area contributed by atoms with Crippen LogP contribution in [0.1, 0.15) is 83.3 Å². The van der Waals surface area contributed by atoms with Crippen molar-refractivity contribution in [2.45, 2.75) is 83.7 Å². The molecule has 1 rings (SSSR count). The minimum absolute atomic E-state index is 0. The van der Waals surface area contributed by atoms with Crippen molar-refractivity contribution >= 4 is 33.2 Å². The number of benzene rings is 1. The van der Waals surface area contributed by atoms with Crippen LogP contribution in [-0.2, 0) is 11.6 Å². The van der Waals surface area contributed by atoms with E-state index in [2.05, 4.69) is 54.3 Å². The van der Waals surface area contributed by atoms with Crippen molar-refractivity contribution in [1.82, 2.24) is 0 Å². The molecule has 0 heterocycles. The van der Waals surface area contributed by atoms with Crippen LogP contribution in [0.5, 0.6) is 0 Å². The molecule has 0 aromatic heterocycles. The molecule has 0 aliphatic rings. The molecule has 0 fully saturated rings. The lowest BCUT2D eigenvalue weighted by Gasteiger charge is -2.32. The molecule has 1 aromatic rings. The molecular formula is C19H34IP. The Hall–Kier alpha value is 0.380. The molecule has 1 unspecified atom stereocenters. The molecule has 0 aliphatic carbocycles. The zero-order valence-corrected chi connectivity index (χ0v) is 17.6. The Morgan fingerprint density at radius 1 is 0.857 bits per heavy atom. The maximum absolute atomic E-state index is 3.23. The number of unbranched alkanes of at least 4 members (excludes halogenated alkanes) is 3. The summed E-state index contributed by atoms with van der Waals surface area (Å²) in [6, 6.07) is 9.16. The monoisotopic (exact) mass is 420 g/mol. The Morgan fingerprint density at radius 3 is 1.90 bits per heavy atom. The highest BCUT2D eigenvalue weighted by molar-refractivity contribution is 14.0. The summed E-state index contributed by atoms with van der Waals surface area (Å²) in [5, 5.41) is 0.302. The van der Waals surface area contributed by atoms with Crippen LogP contribution in [0.25, 0.3) is 0 Å². The maximum atomic E-state index is 3.23. The normalized spacial score (nSPS) is 11.2. The van der Waals surface area contributed by atoms with Crippen molar-refractivity contribution in [1.29, 1.82) is 0 Å². The largest absolute Gasteiger partial charge is 0.126 e. The summed E-state index contributed by atoms with van der Waals surface area (Å²) in [7, 11) is 3.23. The maximum Gasteiger partial charge on any atom is 0.0100 e. The Balaban J connectivity index is 0.00000400. The number of hydrogen-bond acceptors (Lipinski definition) is 0. The molecule has 0 saturated carbocycles. The average Bonchev–Trinajstić information content (AvgIpc) is 2.49. The minimum Gasteiger partial charge on any atom is -0.126 e. The van der Waals surface area contributed by atoms with E-state index in [1.165, 1.54) is 57.8 Å². The van der Waals surface area contributed by atoms with E-state index in [4.69, 9.17) is 0 Å². The molecule has 0 amide bonds. The van der Waals surface area contributed by atoms with Crippen molar-refractivity contribution in [3.8, 4) is 0 Å². The van der Waals surface area contributed by atoms with Crippen LogP contribution < -0.4 is 0 Å². The van der Waals surface area contributed by atoms with Crippen molar-refractivity contribution in [2.24, 2.45) is 0 Å².